The fraction of sp³-hybridized carbons (Fsp3) is 0.211. The molecule has 26 heavy (non-hydrogen) atoms. The molecule has 6 nitrogen and oxygen atoms in total. The summed E-state index contributed by atoms with van der Waals surface area (Å²) in [5, 5.41) is 4.15. The van der Waals surface area contributed by atoms with Gasteiger partial charge < -0.3 is 10.1 Å². The summed E-state index contributed by atoms with van der Waals surface area (Å²) >= 11 is 1.56. The molecule has 0 unspecified atom stereocenters. The van der Waals surface area contributed by atoms with Crippen LogP contribution in [0, 0.1) is 0 Å². The number of nitrogens with one attached hydrogen (secondary N) is 1. The molecule has 1 aliphatic heterocycles. The van der Waals surface area contributed by atoms with Gasteiger partial charge in [0, 0.05) is 24.4 Å². The fourth-order valence-corrected chi connectivity index (χ4v) is 3.85. The summed E-state index contributed by atoms with van der Waals surface area (Å²) in [7, 11) is 1.62. The van der Waals surface area contributed by atoms with E-state index in [0.717, 1.165) is 22.2 Å². The van der Waals surface area contributed by atoms with Crippen LogP contribution in [-0.4, -0.2) is 28.3 Å². The van der Waals surface area contributed by atoms with E-state index in [9.17, 15) is 9.59 Å². The molecule has 1 N–H and O–H groups in total. The number of fused-ring (bicyclic) bond motifs is 2. The van der Waals surface area contributed by atoms with Crippen molar-refractivity contribution >= 4 is 28.6 Å². The first kappa shape index (κ1) is 16.7. The second kappa shape index (κ2) is 6.84. The van der Waals surface area contributed by atoms with E-state index in [0.29, 0.717) is 29.6 Å². The highest BCUT2D eigenvalue weighted by Crippen LogP contribution is 2.23. The topological polar surface area (TPSA) is 73.2 Å². The fourth-order valence-electron chi connectivity index (χ4n) is 2.91. The van der Waals surface area contributed by atoms with E-state index < -0.39 is 0 Å². The van der Waals surface area contributed by atoms with Crippen molar-refractivity contribution in [2.45, 2.75) is 18.2 Å². The Kier molecular flexibility index (Phi) is 4.38. The quantitative estimate of drug-likeness (QED) is 0.717. The highest BCUT2D eigenvalue weighted by Gasteiger charge is 2.17. The predicted octanol–water partition coefficient (Wildman–Crippen LogP) is 2.44. The standard InChI is InChI=1S/C19H17N3O3S/c1-25-14-5-2-12(3-6-14)11-20-17(23)13-4-7-15-16(10-13)21-19-22(18(15)24)8-9-26-19/h2-7,10H,8-9,11H2,1H3,(H,20,23). The zero-order valence-corrected chi connectivity index (χ0v) is 15.0. The third kappa shape index (κ3) is 3.06. The third-order valence-electron chi connectivity index (χ3n) is 4.34. The largest absolute Gasteiger partial charge is 0.497 e. The normalized spacial score (nSPS) is 12.8. The van der Waals surface area contributed by atoms with Crippen molar-refractivity contribution in [3.63, 3.8) is 0 Å². The number of thioether (sulfide) groups is 1. The Labute approximate surface area is 154 Å². The minimum atomic E-state index is -0.197. The van der Waals surface area contributed by atoms with Gasteiger partial charge in [0.15, 0.2) is 5.16 Å². The van der Waals surface area contributed by atoms with Gasteiger partial charge in [-0.2, -0.15) is 0 Å². The Bertz CT molecular complexity index is 1040. The molecule has 7 heteroatoms. The summed E-state index contributed by atoms with van der Waals surface area (Å²) < 4.78 is 6.81. The lowest BCUT2D eigenvalue weighted by molar-refractivity contribution is 0.0951. The molecular formula is C19H17N3O3S. The van der Waals surface area contributed by atoms with Gasteiger partial charge in [-0.3, -0.25) is 14.2 Å². The molecule has 1 aliphatic rings. The molecule has 0 saturated carbocycles. The van der Waals surface area contributed by atoms with Crippen molar-refractivity contribution in [3.05, 3.63) is 63.9 Å². The lowest BCUT2D eigenvalue weighted by Crippen LogP contribution is -2.24. The number of hydrogen-bond acceptors (Lipinski definition) is 5. The molecule has 0 bridgehead atoms. The van der Waals surface area contributed by atoms with Gasteiger partial charge in [-0.25, -0.2) is 4.98 Å². The van der Waals surface area contributed by atoms with Crippen LogP contribution in [0.3, 0.4) is 0 Å². The van der Waals surface area contributed by atoms with Gasteiger partial charge >= 0.3 is 0 Å². The number of amides is 1. The van der Waals surface area contributed by atoms with Crippen LogP contribution in [0.4, 0.5) is 0 Å². The SMILES string of the molecule is COc1ccc(CNC(=O)c2ccc3c(=O)n4c(nc3c2)SCC4)cc1. The number of aromatic nitrogens is 2. The molecule has 0 saturated heterocycles. The summed E-state index contributed by atoms with van der Waals surface area (Å²) in [6.07, 6.45) is 0. The number of carbonyl (C=O) groups excluding carboxylic acids is 1. The highest BCUT2D eigenvalue weighted by molar-refractivity contribution is 7.99. The van der Waals surface area contributed by atoms with Crippen LogP contribution >= 0.6 is 11.8 Å². The van der Waals surface area contributed by atoms with Gasteiger partial charge in [-0.15, -0.1) is 0 Å². The second-order valence-electron chi connectivity index (χ2n) is 5.96. The maximum Gasteiger partial charge on any atom is 0.262 e. The van der Waals surface area contributed by atoms with Crippen LogP contribution in [0.25, 0.3) is 10.9 Å². The van der Waals surface area contributed by atoms with Crippen LogP contribution in [0.1, 0.15) is 15.9 Å². The summed E-state index contributed by atoms with van der Waals surface area (Å²) in [5.41, 5.74) is 1.99. The van der Waals surface area contributed by atoms with Crippen LogP contribution in [0.15, 0.2) is 52.4 Å². The zero-order valence-electron chi connectivity index (χ0n) is 14.2. The van der Waals surface area contributed by atoms with Crippen LogP contribution < -0.4 is 15.6 Å². The Balaban J connectivity index is 1.55. The summed E-state index contributed by atoms with van der Waals surface area (Å²) in [5.74, 6) is 1.43. The highest BCUT2D eigenvalue weighted by atomic mass is 32.2. The van der Waals surface area contributed by atoms with E-state index in [4.69, 9.17) is 4.74 Å². The lowest BCUT2D eigenvalue weighted by atomic mass is 10.1. The van der Waals surface area contributed by atoms with Gasteiger partial charge in [-0.05, 0) is 35.9 Å². The zero-order chi connectivity index (χ0) is 18.1. The van der Waals surface area contributed by atoms with Crippen molar-refractivity contribution in [1.29, 1.82) is 0 Å². The Morgan fingerprint density at radius 2 is 2.08 bits per heavy atom. The van der Waals surface area contributed by atoms with E-state index in [2.05, 4.69) is 10.3 Å². The summed E-state index contributed by atoms with van der Waals surface area (Å²) in [6, 6.07) is 12.6. The first-order valence-corrected chi connectivity index (χ1v) is 9.23. The molecule has 0 radical (unpaired) electrons. The number of ether oxygens (including phenoxy) is 1. The monoisotopic (exact) mass is 367 g/mol. The molecule has 132 valence electrons. The van der Waals surface area contributed by atoms with Crippen LogP contribution in [0.2, 0.25) is 0 Å². The number of methoxy groups -OCH3 is 1. The minimum Gasteiger partial charge on any atom is -0.497 e. The molecule has 0 spiro atoms. The third-order valence-corrected chi connectivity index (χ3v) is 5.30. The molecular weight excluding hydrogens is 350 g/mol. The number of rotatable bonds is 4. The average molecular weight is 367 g/mol. The first-order valence-electron chi connectivity index (χ1n) is 8.24. The van der Waals surface area contributed by atoms with Crippen molar-refractivity contribution in [1.82, 2.24) is 14.9 Å². The van der Waals surface area contributed by atoms with Crippen molar-refractivity contribution in [2.75, 3.05) is 12.9 Å². The molecule has 2 heterocycles. The van der Waals surface area contributed by atoms with Crippen LogP contribution in [-0.2, 0) is 13.1 Å². The lowest BCUT2D eigenvalue weighted by Gasteiger charge is -2.08. The molecule has 0 fully saturated rings. The van der Waals surface area contributed by atoms with E-state index in [1.54, 1.807) is 41.6 Å². The molecule has 0 atom stereocenters. The maximum absolute atomic E-state index is 12.5. The van der Waals surface area contributed by atoms with E-state index in [1.807, 2.05) is 24.3 Å². The van der Waals surface area contributed by atoms with Gasteiger partial charge in [-0.1, -0.05) is 23.9 Å². The Morgan fingerprint density at radius 1 is 1.27 bits per heavy atom. The van der Waals surface area contributed by atoms with Crippen LogP contribution in [0.5, 0.6) is 5.75 Å². The second-order valence-corrected chi connectivity index (χ2v) is 7.02. The van der Waals surface area contributed by atoms with Gasteiger partial charge in [0.2, 0.25) is 0 Å². The van der Waals surface area contributed by atoms with Gasteiger partial charge in [0.05, 0.1) is 18.0 Å². The minimum absolute atomic E-state index is 0.0415. The Morgan fingerprint density at radius 3 is 2.85 bits per heavy atom. The summed E-state index contributed by atoms with van der Waals surface area (Å²) in [6.45, 7) is 1.10. The average Bonchev–Trinajstić information content (AvgIpc) is 3.15. The van der Waals surface area contributed by atoms with E-state index >= 15 is 0 Å². The van der Waals surface area contributed by atoms with Gasteiger partial charge in [0.25, 0.3) is 11.5 Å². The number of benzene rings is 2. The predicted molar refractivity (Wildman–Crippen MR) is 101 cm³/mol. The number of carbonyl (C=O) groups is 1. The molecule has 3 aromatic rings. The van der Waals surface area contributed by atoms with E-state index in [1.165, 1.54) is 0 Å². The molecule has 0 aliphatic carbocycles. The number of hydrogen-bond donors (Lipinski definition) is 1. The van der Waals surface area contributed by atoms with Gasteiger partial charge in [0.1, 0.15) is 5.75 Å². The molecule has 1 amide bonds. The maximum atomic E-state index is 12.5. The molecule has 1 aromatic heterocycles. The Hall–Kier alpha value is -2.80. The van der Waals surface area contributed by atoms with Crippen molar-refractivity contribution < 1.29 is 9.53 Å². The smallest absolute Gasteiger partial charge is 0.262 e. The van der Waals surface area contributed by atoms with Crippen molar-refractivity contribution in [3.8, 4) is 5.75 Å². The summed E-state index contributed by atoms with van der Waals surface area (Å²) in [4.78, 5) is 29.4. The molecule has 2 aromatic carbocycles. The van der Waals surface area contributed by atoms with Crippen molar-refractivity contribution in [2.24, 2.45) is 0 Å². The molecule has 4 rings (SSSR count). The number of nitrogens with zero attached hydrogens (tertiary/aromatic N) is 2. The van der Waals surface area contributed by atoms with E-state index in [-0.39, 0.29) is 11.5 Å². The first-order chi connectivity index (χ1) is 12.7.